The summed E-state index contributed by atoms with van der Waals surface area (Å²) in [7, 11) is -3.90. The minimum Gasteiger partial charge on any atom is -0.365 e. The van der Waals surface area contributed by atoms with Crippen molar-refractivity contribution in [2.45, 2.75) is 23.4 Å². The maximum atomic E-state index is 13.3. The van der Waals surface area contributed by atoms with Crippen molar-refractivity contribution in [2.24, 2.45) is 0 Å². The molecule has 5 aromatic rings. The fourth-order valence-electron chi connectivity index (χ4n) is 3.50. The normalized spacial score (nSPS) is 11.8. The topological polar surface area (TPSA) is 89.2 Å². The molecule has 0 spiro atoms. The van der Waals surface area contributed by atoms with Crippen LogP contribution in [-0.4, -0.2) is 28.2 Å². The lowest BCUT2D eigenvalue weighted by molar-refractivity contribution is 0.592. The third kappa shape index (κ3) is 3.47. The van der Waals surface area contributed by atoms with E-state index in [1.165, 1.54) is 4.52 Å². The van der Waals surface area contributed by atoms with Gasteiger partial charge < -0.3 is 5.32 Å². The van der Waals surface area contributed by atoms with Crippen LogP contribution in [0.3, 0.4) is 0 Å². The molecule has 0 aliphatic heterocycles. The number of fused-ring (bicyclic) bond motifs is 3. The first-order valence-electron chi connectivity index (χ1n) is 9.88. The van der Waals surface area contributed by atoms with E-state index in [2.05, 4.69) is 20.6 Å². The van der Waals surface area contributed by atoms with Crippen molar-refractivity contribution in [1.82, 2.24) is 19.8 Å². The second kappa shape index (κ2) is 7.89. The number of aryl methyl sites for hydroxylation is 1. The number of sulfone groups is 1. The SMILES string of the molecule is Cc1ccc(S(=O)(=O)c2nnn3c2nc(NCc2ccccc2Cl)c2ccccc23)cc1. The van der Waals surface area contributed by atoms with E-state index in [4.69, 9.17) is 11.6 Å². The molecule has 0 aliphatic carbocycles. The van der Waals surface area contributed by atoms with Gasteiger partial charge in [-0.3, -0.25) is 0 Å². The molecule has 3 aromatic carbocycles. The Balaban J connectivity index is 1.66. The molecule has 1 N–H and O–H groups in total. The van der Waals surface area contributed by atoms with Crippen LogP contribution in [0.5, 0.6) is 0 Å². The number of para-hydroxylation sites is 1. The van der Waals surface area contributed by atoms with Crippen molar-refractivity contribution in [3.63, 3.8) is 0 Å². The van der Waals surface area contributed by atoms with E-state index in [-0.39, 0.29) is 15.6 Å². The number of anilines is 1. The molecule has 7 nitrogen and oxygen atoms in total. The van der Waals surface area contributed by atoms with Crippen LogP contribution >= 0.6 is 11.6 Å². The first-order valence-corrected chi connectivity index (χ1v) is 11.7. The zero-order chi connectivity index (χ0) is 22.3. The number of nitrogens with zero attached hydrogens (tertiary/aromatic N) is 4. The third-order valence-electron chi connectivity index (χ3n) is 5.21. The number of hydrogen-bond acceptors (Lipinski definition) is 6. The van der Waals surface area contributed by atoms with Crippen molar-refractivity contribution >= 4 is 43.8 Å². The summed E-state index contributed by atoms with van der Waals surface area (Å²) in [6, 6.07) is 21.6. The maximum absolute atomic E-state index is 13.3. The summed E-state index contributed by atoms with van der Waals surface area (Å²) in [4.78, 5) is 4.77. The highest BCUT2D eigenvalue weighted by Gasteiger charge is 2.27. The molecule has 0 saturated heterocycles. The Morgan fingerprint density at radius 1 is 0.969 bits per heavy atom. The fraction of sp³-hybridized carbons (Fsp3) is 0.0870. The van der Waals surface area contributed by atoms with Gasteiger partial charge in [-0.25, -0.2) is 13.4 Å². The average Bonchev–Trinajstić information content (AvgIpc) is 3.24. The predicted molar refractivity (Wildman–Crippen MR) is 124 cm³/mol. The van der Waals surface area contributed by atoms with Gasteiger partial charge in [-0.1, -0.05) is 64.8 Å². The highest BCUT2D eigenvalue weighted by Crippen LogP contribution is 2.28. The summed E-state index contributed by atoms with van der Waals surface area (Å²) < 4.78 is 28.1. The number of benzene rings is 3. The molecule has 2 aromatic heterocycles. The smallest absolute Gasteiger partial charge is 0.229 e. The van der Waals surface area contributed by atoms with Gasteiger partial charge in [-0.15, -0.1) is 5.10 Å². The standard InChI is InChI=1S/C23H18ClN5O2S/c1-15-10-12-17(13-11-15)32(30,31)23-22-26-21(25-14-16-6-2-4-8-19(16)24)18-7-3-5-9-20(18)29(22)28-27-23/h2-13H,14H2,1H3,(H,25,26). The zero-order valence-electron chi connectivity index (χ0n) is 17.0. The van der Waals surface area contributed by atoms with Gasteiger partial charge in [-0.2, -0.15) is 4.52 Å². The molecule has 0 amide bonds. The highest BCUT2D eigenvalue weighted by molar-refractivity contribution is 7.91. The molecular formula is C23H18ClN5O2S. The zero-order valence-corrected chi connectivity index (χ0v) is 18.6. The molecule has 0 atom stereocenters. The van der Waals surface area contributed by atoms with Gasteiger partial charge in [0, 0.05) is 17.0 Å². The fourth-order valence-corrected chi connectivity index (χ4v) is 4.94. The number of aromatic nitrogens is 4. The molecule has 0 fully saturated rings. The van der Waals surface area contributed by atoms with Crippen molar-refractivity contribution in [3.05, 3.63) is 88.9 Å². The summed E-state index contributed by atoms with van der Waals surface area (Å²) in [6.07, 6.45) is 0. The molecule has 5 rings (SSSR count). The predicted octanol–water partition coefficient (Wildman–Crippen LogP) is 4.68. The molecule has 9 heteroatoms. The van der Waals surface area contributed by atoms with Crippen LogP contribution in [0.2, 0.25) is 5.02 Å². The lowest BCUT2D eigenvalue weighted by Gasteiger charge is -2.11. The van der Waals surface area contributed by atoms with E-state index >= 15 is 0 Å². The van der Waals surface area contributed by atoms with E-state index in [9.17, 15) is 8.42 Å². The van der Waals surface area contributed by atoms with Gasteiger partial charge >= 0.3 is 0 Å². The number of halogens is 1. The highest BCUT2D eigenvalue weighted by atomic mass is 35.5. The molecule has 2 heterocycles. The molecule has 0 unspecified atom stereocenters. The minimum absolute atomic E-state index is 0.144. The van der Waals surface area contributed by atoms with Crippen molar-refractivity contribution in [1.29, 1.82) is 0 Å². The molecule has 0 radical (unpaired) electrons. The first-order chi connectivity index (χ1) is 15.4. The summed E-state index contributed by atoms with van der Waals surface area (Å²) in [6.45, 7) is 2.32. The van der Waals surface area contributed by atoms with E-state index < -0.39 is 9.84 Å². The second-order valence-electron chi connectivity index (χ2n) is 7.37. The minimum atomic E-state index is -3.90. The second-order valence-corrected chi connectivity index (χ2v) is 9.64. The van der Waals surface area contributed by atoms with Gasteiger partial charge in [0.05, 0.1) is 10.4 Å². The van der Waals surface area contributed by atoms with E-state index in [1.54, 1.807) is 24.3 Å². The van der Waals surface area contributed by atoms with Gasteiger partial charge in [0.15, 0.2) is 5.65 Å². The quantitative estimate of drug-likeness (QED) is 0.407. The van der Waals surface area contributed by atoms with Crippen molar-refractivity contribution < 1.29 is 8.42 Å². The molecular weight excluding hydrogens is 446 g/mol. The van der Waals surface area contributed by atoms with Crippen molar-refractivity contribution in [2.75, 3.05) is 5.32 Å². The summed E-state index contributed by atoms with van der Waals surface area (Å²) in [5, 5.41) is 12.6. The third-order valence-corrected chi connectivity index (χ3v) is 7.25. The van der Waals surface area contributed by atoms with E-state index in [0.717, 1.165) is 16.5 Å². The Bertz CT molecular complexity index is 1560. The average molecular weight is 464 g/mol. The van der Waals surface area contributed by atoms with Crippen LogP contribution in [0.15, 0.2) is 82.7 Å². The monoisotopic (exact) mass is 463 g/mol. The first kappa shape index (κ1) is 20.4. The number of nitrogens with one attached hydrogen (secondary N) is 1. The molecule has 0 bridgehead atoms. The van der Waals surface area contributed by atoms with E-state index in [0.29, 0.717) is 22.9 Å². The Hall–Kier alpha value is -3.49. The van der Waals surface area contributed by atoms with Crippen LogP contribution in [-0.2, 0) is 16.4 Å². The van der Waals surface area contributed by atoms with Gasteiger partial charge in [-0.05, 0) is 42.8 Å². The summed E-state index contributed by atoms with van der Waals surface area (Å²) in [5.41, 5.74) is 2.72. The number of rotatable bonds is 5. The Morgan fingerprint density at radius 2 is 1.69 bits per heavy atom. The van der Waals surface area contributed by atoms with Crippen LogP contribution < -0.4 is 5.32 Å². The van der Waals surface area contributed by atoms with Crippen molar-refractivity contribution in [3.8, 4) is 0 Å². The Labute approximate surface area is 189 Å². The largest absolute Gasteiger partial charge is 0.365 e. The lowest BCUT2D eigenvalue weighted by atomic mass is 10.2. The molecule has 32 heavy (non-hydrogen) atoms. The van der Waals surface area contributed by atoms with Gasteiger partial charge in [0.2, 0.25) is 14.9 Å². The molecule has 0 saturated carbocycles. The van der Waals surface area contributed by atoms with Gasteiger partial charge in [0.25, 0.3) is 0 Å². The summed E-state index contributed by atoms with van der Waals surface area (Å²) >= 11 is 6.29. The maximum Gasteiger partial charge on any atom is 0.229 e. The van der Waals surface area contributed by atoms with Gasteiger partial charge in [0.1, 0.15) is 5.82 Å². The Kier molecular flexibility index (Phi) is 5.03. The van der Waals surface area contributed by atoms with Crippen LogP contribution in [0.25, 0.3) is 16.6 Å². The van der Waals surface area contributed by atoms with Crippen LogP contribution in [0.4, 0.5) is 5.82 Å². The summed E-state index contributed by atoms with van der Waals surface area (Å²) in [5.74, 6) is 0.524. The van der Waals surface area contributed by atoms with Crippen LogP contribution in [0.1, 0.15) is 11.1 Å². The lowest BCUT2D eigenvalue weighted by Crippen LogP contribution is -2.07. The molecule has 160 valence electrons. The number of hydrogen-bond donors (Lipinski definition) is 1. The Morgan fingerprint density at radius 3 is 2.47 bits per heavy atom. The van der Waals surface area contributed by atoms with E-state index in [1.807, 2.05) is 55.5 Å². The van der Waals surface area contributed by atoms with Crippen LogP contribution in [0, 0.1) is 6.92 Å². The molecule has 0 aliphatic rings.